The number of pyridine rings is 1. The van der Waals surface area contributed by atoms with E-state index < -0.39 is 0 Å². The van der Waals surface area contributed by atoms with Gasteiger partial charge in [-0.1, -0.05) is 0 Å². The Labute approximate surface area is 157 Å². The number of carbonyl (C=O) groups is 2. The normalized spacial score (nSPS) is 16.4. The summed E-state index contributed by atoms with van der Waals surface area (Å²) in [5, 5.41) is 8.47. The van der Waals surface area contributed by atoms with Crippen LogP contribution < -0.4 is 20.9 Å². The summed E-state index contributed by atoms with van der Waals surface area (Å²) in [6, 6.07) is 4.96. The molecule has 3 amide bonds. The Morgan fingerprint density at radius 2 is 1.93 bits per heavy atom. The smallest absolute Gasteiger partial charge is 0.315 e. The molecule has 3 N–H and O–H groups in total. The lowest BCUT2D eigenvalue weighted by molar-refractivity contribution is 0.0953. The molecule has 3 heterocycles. The monoisotopic (exact) mass is 369 g/mol. The molecule has 0 saturated carbocycles. The predicted molar refractivity (Wildman–Crippen MR) is 100 cm³/mol. The third kappa shape index (κ3) is 5.63. The number of nitrogens with one attached hydrogen (secondary N) is 3. The van der Waals surface area contributed by atoms with Crippen molar-refractivity contribution < 1.29 is 9.59 Å². The summed E-state index contributed by atoms with van der Waals surface area (Å²) >= 11 is 0. The van der Waals surface area contributed by atoms with E-state index in [-0.39, 0.29) is 18.0 Å². The molecule has 0 radical (unpaired) electrons. The Morgan fingerprint density at radius 3 is 2.70 bits per heavy atom. The van der Waals surface area contributed by atoms with Crippen molar-refractivity contribution >= 4 is 17.9 Å². The minimum absolute atomic E-state index is 0.0348. The standard InChI is InChI=1S/C18H23N7O2/c26-16(14-4-1-6-19-12-14)20-9-10-23-18(27)24-15-5-2-11-25(13-15)17-21-7-3-8-22-17/h1,3-4,6-8,12,15H,2,5,9-11,13H2,(H,20,26)(H2,23,24,27)/t15-/m0/s1. The maximum Gasteiger partial charge on any atom is 0.315 e. The summed E-state index contributed by atoms with van der Waals surface area (Å²) in [6.45, 7) is 2.24. The van der Waals surface area contributed by atoms with Gasteiger partial charge < -0.3 is 20.9 Å². The van der Waals surface area contributed by atoms with Crippen LogP contribution in [0, 0.1) is 0 Å². The fourth-order valence-electron chi connectivity index (χ4n) is 2.92. The van der Waals surface area contributed by atoms with Crippen LogP contribution in [0.1, 0.15) is 23.2 Å². The SMILES string of the molecule is O=C(NCCNC(=O)c1cccnc1)N[C@H]1CCCN(c2ncccn2)C1. The molecule has 0 aromatic carbocycles. The number of urea groups is 1. The second-order valence-electron chi connectivity index (χ2n) is 6.23. The number of rotatable bonds is 6. The molecule has 142 valence electrons. The van der Waals surface area contributed by atoms with Crippen molar-refractivity contribution in [2.45, 2.75) is 18.9 Å². The van der Waals surface area contributed by atoms with Gasteiger partial charge in [0, 0.05) is 57.0 Å². The molecule has 1 aliphatic rings. The molecule has 2 aromatic rings. The van der Waals surface area contributed by atoms with E-state index in [4.69, 9.17) is 0 Å². The quantitative estimate of drug-likeness (QED) is 0.642. The van der Waals surface area contributed by atoms with Crippen LogP contribution in [-0.2, 0) is 0 Å². The fourth-order valence-corrected chi connectivity index (χ4v) is 2.92. The Morgan fingerprint density at radius 1 is 1.11 bits per heavy atom. The first-order valence-electron chi connectivity index (χ1n) is 8.97. The maximum atomic E-state index is 12.1. The average molecular weight is 369 g/mol. The highest BCUT2D eigenvalue weighted by Crippen LogP contribution is 2.15. The van der Waals surface area contributed by atoms with Crippen LogP contribution in [0.5, 0.6) is 0 Å². The van der Waals surface area contributed by atoms with E-state index in [9.17, 15) is 9.59 Å². The van der Waals surface area contributed by atoms with Gasteiger partial charge in [0.25, 0.3) is 5.91 Å². The molecule has 1 fully saturated rings. The zero-order valence-corrected chi connectivity index (χ0v) is 15.0. The van der Waals surface area contributed by atoms with E-state index in [1.807, 2.05) is 0 Å². The second-order valence-corrected chi connectivity index (χ2v) is 6.23. The lowest BCUT2D eigenvalue weighted by Crippen LogP contribution is -2.51. The summed E-state index contributed by atoms with van der Waals surface area (Å²) < 4.78 is 0. The molecule has 1 atom stereocenters. The van der Waals surface area contributed by atoms with Crippen LogP contribution >= 0.6 is 0 Å². The molecule has 9 heteroatoms. The molecular formula is C18H23N7O2. The summed E-state index contributed by atoms with van der Waals surface area (Å²) in [7, 11) is 0. The largest absolute Gasteiger partial charge is 0.350 e. The minimum Gasteiger partial charge on any atom is -0.350 e. The molecule has 0 unspecified atom stereocenters. The number of hydrogen-bond donors (Lipinski definition) is 3. The van der Waals surface area contributed by atoms with E-state index >= 15 is 0 Å². The first-order chi connectivity index (χ1) is 13.2. The van der Waals surface area contributed by atoms with Crippen molar-refractivity contribution in [1.29, 1.82) is 0 Å². The molecule has 9 nitrogen and oxygen atoms in total. The van der Waals surface area contributed by atoms with Crippen molar-refractivity contribution in [3.63, 3.8) is 0 Å². The van der Waals surface area contributed by atoms with Crippen LogP contribution in [0.15, 0.2) is 43.0 Å². The number of nitrogens with zero attached hydrogens (tertiary/aromatic N) is 4. The lowest BCUT2D eigenvalue weighted by atomic mass is 10.1. The minimum atomic E-state index is -0.244. The summed E-state index contributed by atoms with van der Waals surface area (Å²) in [6.07, 6.45) is 8.41. The number of anilines is 1. The van der Waals surface area contributed by atoms with Crippen LogP contribution in [0.3, 0.4) is 0 Å². The Bertz CT molecular complexity index is 742. The van der Waals surface area contributed by atoms with E-state index in [2.05, 4.69) is 35.8 Å². The predicted octanol–water partition coefficient (Wildman–Crippen LogP) is 0.570. The zero-order valence-electron chi connectivity index (χ0n) is 15.0. The van der Waals surface area contributed by atoms with Gasteiger partial charge in [0.05, 0.1) is 5.56 Å². The summed E-state index contributed by atoms with van der Waals surface area (Å²) in [5.74, 6) is 0.471. The van der Waals surface area contributed by atoms with Gasteiger partial charge in [-0.25, -0.2) is 14.8 Å². The van der Waals surface area contributed by atoms with E-state index in [1.165, 1.54) is 6.20 Å². The van der Waals surface area contributed by atoms with Gasteiger partial charge in [-0.2, -0.15) is 0 Å². The fraction of sp³-hybridized carbons (Fsp3) is 0.389. The zero-order chi connectivity index (χ0) is 18.9. The van der Waals surface area contributed by atoms with Crippen molar-refractivity contribution in [3.8, 4) is 0 Å². The molecule has 3 rings (SSSR count). The maximum absolute atomic E-state index is 12.1. The van der Waals surface area contributed by atoms with Gasteiger partial charge in [-0.3, -0.25) is 9.78 Å². The highest BCUT2D eigenvalue weighted by atomic mass is 16.2. The number of carbonyl (C=O) groups excluding carboxylic acids is 2. The van der Waals surface area contributed by atoms with E-state index in [1.54, 1.807) is 36.8 Å². The first kappa shape index (κ1) is 18.6. The van der Waals surface area contributed by atoms with Crippen LogP contribution in [0.25, 0.3) is 0 Å². The van der Waals surface area contributed by atoms with Gasteiger partial charge in [0.15, 0.2) is 0 Å². The van der Waals surface area contributed by atoms with Crippen LogP contribution in [0.4, 0.5) is 10.7 Å². The van der Waals surface area contributed by atoms with Crippen LogP contribution in [0.2, 0.25) is 0 Å². The molecule has 1 aliphatic heterocycles. The third-order valence-corrected chi connectivity index (χ3v) is 4.21. The number of hydrogen-bond acceptors (Lipinski definition) is 6. The van der Waals surface area contributed by atoms with Gasteiger partial charge >= 0.3 is 6.03 Å². The van der Waals surface area contributed by atoms with Crippen LogP contribution in [-0.4, -0.2) is 59.1 Å². The van der Waals surface area contributed by atoms with Crippen molar-refractivity contribution in [3.05, 3.63) is 48.5 Å². The highest BCUT2D eigenvalue weighted by molar-refractivity contribution is 5.93. The molecular weight excluding hydrogens is 346 g/mol. The summed E-state index contributed by atoms with van der Waals surface area (Å²) in [5.41, 5.74) is 0.493. The van der Waals surface area contributed by atoms with E-state index in [0.717, 1.165) is 19.4 Å². The van der Waals surface area contributed by atoms with Crippen molar-refractivity contribution in [2.24, 2.45) is 0 Å². The molecule has 1 saturated heterocycles. The lowest BCUT2D eigenvalue weighted by Gasteiger charge is -2.33. The Hall–Kier alpha value is -3.23. The van der Waals surface area contributed by atoms with E-state index in [0.29, 0.717) is 31.1 Å². The number of aromatic nitrogens is 3. The molecule has 27 heavy (non-hydrogen) atoms. The molecule has 0 spiro atoms. The Balaban J connectivity index is 1.36. The summed E-state index contributed by atoms with van der Waals surface area (Å²) in [4.78, 5) is 38.4. The highest BCUT2D eigenvalue weighted by Gasteiger charge is 2.22. The topological polar surface area (TPSA) is 112 Å². The van der Waals surface area contributed by atoms with Gasteiger partial charge in [0.2, 0.25) is 5.95 Å². The third-order valence-electron chi connectivity index (χ3n) is 4.21. The average Bonchev–Trinajstić information content (AvgIpc) is 2.72. The van der Waals surface area contributed by atoms with Crippen molar-refractivity contribution in [1.82, 2.24) is 30.9 Å². The van der Waals surface area contributed by atoms with Gasteiger partial charge in [-0.05, 0) is 31.0 Å². The van der Waals surface area contributed by atoms with Crippen molar-refractivity contribution in [2.75, 3.05) is 31.1 Å². The Kier molecular flexibility index (Phi) is 6.50. The molecule has 2 aromatic heterocycles. The number of amides is 3. The number of piperidine rings is 1. The molecule has 0 bridgehead atoms. The first-order valence-corrected chi connectivity index (χ1v) is 8.97. The van der Waals surface area contributed by atoms with Gasteiger partial charge in [0.1, 0.15) is 0 Å². The second kappa shape index (κ2) is 9.46. The van der Waals surface area contributed by atoms with Gasteiger partial charge in [-0.15, -0.1) is 0 Å². The molecule has 0 aliphatic carbocycles.